The Morgan fingerprint density at radius 3 is 2.57 bits per heavy atom. The van der Waals surface area contributed by atoms with E-state index >= 15 is 0 Å². The van der Waals surface area contributed by atoms with E-state index in [9.17, 15) is 19.5 Å². The maximum absolute atomic E-state index is 12.7. The standard InChI is InChI=1S/C24H33N5O6/c1-8-28(23(32)33)18-11-14(2)29(7,15(3)30)19-10-9-16(12-17(18)19)21-26-20(27-35-21)13-25-22(31)34-24(4,5)6/h9-10,12,14,18H,8,11,13H2,1-7H3,(H-,25,31,32,33)/p+1/t14-,18+,29?/m0/s1. The van der Waals surface area contributed by atoms with Crippen LogP contribution in [0.5, 0.6) is 0 Å². The number of nitrogens with zero attached hydrogens (tertiary/aromatic N) is 4. The molecular formula is C24H34N5O6+. The Labute approximate surface area is 204 Å². The van der Waals surface area contributed by atoms with Gasteiger partial charge in [0.2, 0.25) is 0 Å². The van der Waals surface area contributed by atoms with Crippen LogP contribution in [0.3, 0.4) is 0 Å². The minimum atomic E-state index is -1.02. The van der Waals surface area contributed by atoms with Crippen molar-refractivity contribution in [2.45, 2.75) is 72.2 Å². The number of nitrogens with one attached hydrogen (secondary N) is 1. The average Bonchev–Trinajstić information content (AvgIpc) is 3.23. The van der Waals surface area contributed by atoms with Gasteiger partial charge in [-0.15, -0.1) is 0 Å². The number of ether oxygens (including phenoxy) is 1. The summed E-state index contributed by atoms with van der Waals surface area (Å²) in [5.74, 6) is 0.456. The molecule has 11 nitrogen and oxygen atoms in total. The Morgan fingerprint density at radius 2 is 2.00 bits per heavy atom. The van der Waals surface area contributed by atoms with Crippen LogP contribution < -0.4 is 9.80 Å². The number of aromatic nitrogens is 2. The molecule has 0 bridgehead atoms. The van der Waals surface area contributed by atoms with Crippen LogP contribution in [0.4, 0.5) is 15.3 Å². The maximum atomic E-state index is 12.7. The zero-order valence-electron chi connectivity index (χ0n) is 21.3. The highest BCUT2D eigenvalue weighted by atomic mass is 16.6. The van der Waals surface area contributed by atoms with E-state index in [0.717, 1.165) is 11.3 Å². The summed E-state index contributed by atoms with van der Waals surface area (Å²) >= 11 is 0. The first-order valence-corrected chi connectivity index (χ1v) is 11.6. The molecule has 2 N–H and O–H groups in total. The molecule has 2 aromatic rings. The molecule has 1 aliphatic rings. The SMILES string of the molecule is CCN(C(=O)O)[C@@H]1C[C@H](C)[N+](C)(C(C)=O)c2ccc(-c3nc(CNC(=O)OC(C)(C)C)no3)cc21. The zero-order valence-corrected chi connectivity index (χ0v) is 21.3. The molecule has 35 heavy (non-hydrogen) atoms. The number of hydrogen-bond acceptors (Lipinski definition) is 7. The van der Waals surface area contributed by atoms with Crippen molar-refractivity contribution >= 4 is 23.8 Å². The lowest BCUT2D eigenvalue weighted by molar-refractivity contribution is -0.129. The van der Waals surface area contributed by atoms with Gasteiger partial charge in [-0.1, -0.05) is 5.16 Å². The quantitative estimate of drug-likeness (QED) is 0.601. The molecule has 11 heteroatoms. The van der Waals surface area contributed by atoms with Crippen molar-refractivity contribution in [2.24, 2.45) is 0 Å². The number of carboxylic acid groups (broad SMARTS) is 1. The van der Waals surface area contributed by atoms with E-state index in [1.54, 1.807) is 40.7 Å². The van der Waals surface area contributed by atoms with Crippen LogP contribution in [0.25, 0.3) is 11.5 Å². The molecule has 0 radical (unpaired) electrons. The van der Waals surface area contributed by atoms with Crippen molar-refractivity contribution in [2.75, 3.05) is 13.6 Å². The van der Waals surface area contributed by atoms with Gasteiger partial charge in [-0.3, -0.25) is 0 Å². The second-order valence-corrected chi connectivity index (χ2v) is 9.91. The van der Waals surface area contributed by atoms with Crippen molar-refractivity contribution < 1.29 is 28.8 Å². The highest BCUT2D eigenvalue weighted by molar-refractivity contribution is 5.89. The van der Waals surface area contributed by atoms with Gasteiger partial charge in [0.05, 0.1) is 32.6 Å². The molecule has 3 amide bonds. The minimum absolute atomic E-state index is 0.0193. The van der Waals surface area contributed by atoms with Crippen LogP contribution in [-0.4, -0.2) is 63.5 Å². The fraction of sp³-hybridized carbons (Fsp3) is 0.542. The van der Waals surface area contributed by atoms with Gasteiger partial charge >= 0.3 is 18.1 Å². The van der Waals surface area contributed by atoms with Crippen LogP contribution in [0.1, 0.15) is 65.4 Å². The van der Waals surface area contributed by atoms with Gasteiger partial charge in [-0.05, 0) is 46.8 Å². The van der Waals surface area contributed by atoms with Gasteiger partial charge in [0.1, 0.15) is 11.3 Å². The largest absolute Gasteiger partial charge is 0.465 e. The predicted octanol–water partition coefficient (Wildman–Crippen LogP) is 4.08. The predicted molar refractivity (Wildman–Crippen MR) is 128 cm³/mol. The summed E-state index contributed by atoms with van der Waals surface area (Å²) in [5.41, 5.74) is 1.44. The lowest BCUT2D eigenvalue weighted by atomic mass is 9.87. The van der Waals surface area contributed by atoms with Crippen LogP contribution >= 0.6 is 0 Å². The zero-order chi connectivity index (χ0) is 26.1. The Morgan fingerprint density at radius 1 is 1.31 bits per heavy atom. The van der Waals surface area contributed by atoms with E-state index in [0.29, 0.717) is 18.5 Å². The summed E-state index contributed by atoms with van der Waals surface area (Å²) in [6.45, 7) is 10.9. The van der Waals surface area contributed by atoms with Crippen LogP contribution in [-0.2, 0) is 16.1 Å². The van der Waals surface area contributed by atoms with E-state index in [1.165, 1.54) is 4.90 Å². The molecule has 1 aromatic carbocycles. The van der Waals surface area contributed by atoms with Crippen LogP contribution in [0.15, 0.2) is 22.7 Å². The topological polar surface area (TPSA) is 135 Å². The molecule has 3 atom stereocenters. The number of benzene rings is 1. The molecule has 1 aliphatic heterocycles. The number of quaternary nitrogens is 1. The van der Waals surface area contributed by atoms with Crippen molar-refractivity contribution in [3.8, 4) is 11.5 Å². The third-order valence-corrected chi connectivity index (χ3v) is 6.45. The average molecular weight is 489 g/mol. The van der Waals surface area contributed by atoms with Gasteiger partial charge in [-0.25, -0.2) is 18.9 Å². The molecule has 3 rings (SSSR count). The highest BCUT2D eigenvalue weighted by Crippen LogP contribution is 2.45. The Bertz CT molecular complexity index is 1120. The summed E-state index contributed by atoms with van der Waals surface area (Å²) in [4.78, 5) is 42.3. The molecule has 1 unspecified atom stereocenters. The number of carbonyl (C=O) groups is 3. The van der Waals surface area contributed by atoms with Crippen molar-refractivity contribution in [1.29, 1.82) is 0 Å². The van der Waals surface area contributed by atoms with E-state index in [1.807, 2.05) is 26.1 Å². The van der Waals surface area contributed by atoms with E-state index in [4.69, 9.17) is 9.26 Å². The second-order valence-electron chi connectivity index (χ2n) is 9.91. The normalized spacial score (nSPS) is 21.7. The summed E-state index contributed by atoms with van der Waals surface area (Å²) in [6.07, 6.45) is -1.13. The Balaban J connectivity index is 1.95. The number of rotatable bonds is 5. The van der Waals surface area contributed by atoms with Crippen molar-refractivity contribution in [3.63, 3.8) is 0 Å². The lowest BCUT2D eigenvalue weighted by Gasteiger charge is -2.45. The molecule has 2 heterocycles. The van der Waals surface area contributed by atoms with Gasteiger partial charge in [0.25, 0.3) is 5.89 Å². The molecule has 0 saturated heterocycles. The maximum Gasteiger partial charge on any atom is 0.408 e. The first-order chi connectivity index (χ1) is 16.3. The molecular weight excluding hydrogens is 454 g/mol. The summed E-state index contributed by atoms with van der Waals surface area (Å²) in [5, 5.41) is 16.3. The first kappa shape index (κ1) is 26.1. The number of carbonyl (C=O) groups excluding carboxylic acids is 2. The van der Waals surface area contributed by atoms with Gasteiger partial charge < -0.3 is 24.6 Å². The van der Waals surface area contributed by atoms with Crippen molar-refractivity contribution in [3.05, 3.63) is 29.6 Å². The fourth-order valence-electron chi connectivity index (χ4n) is 4.45. The Kier molecular flexibility index (Phi) is 7.21. The minimum Gasteiger partial charge on any atom is -0.465 e. The molecule has 0 fully saturated rings. The molecule has 0 spiro atoms. The molecule has 0 aliphatic carbocycles. The third kappa shape index (κ3) is 5.29. The second kappa shape index (κ2) is 9.65. The fourth-order valence-corrected chi connectivity index (χ4v) is 4.45. The van der Waals surface area contributed by atoms with E-state index in [-0.39, 0.29) is 34.7 Å². The molecule has 190 valence electrons. The van der Waals surface area contributed by atoms with Crippen molar-refractivity contribution in [1.82, 2.24) is 24.8 Å². The first-order valence-electron chi connectivity index (χ1n) is 11.6. The van der Waals surface area contributed by atoms with E-state index < -0.39 is 23.8 Å². The number of hydrogen-bond donors (Lipinski definition) is 2. The van der Waals surface area contributed by atoms with Crippen LogP contribution in [0, 0.1) is 0 Å². The number of amides is 3. The van der Waals surface area contributed by atoms with Gasteiger partial charge in [0.15, 0.2) is 5.82 Å². The Hall–Kier alpha value is -3.47. The lowest BCUT2D eigenvalue weighted by Crippen LogP contribution is -2.60. The summed E-state index contributed by atoms with van der Waals surface area (Å²) < 4.78 is 10.7. The summed E-state index contributed by atoms with van der Waals surface area (Å²) in [6, 6.07) is 4.88. The molecule has 1 aromatic heterocycles. The molecule has 0 saturated carbocycles. The van der Waals surface area contributed by atoms with E-state index in [2.05, 4.69) is 15.5 Å². The number of fused-ring (bicyclic) bond motifs is 1. The smallest absolute Gasteiger partial charge is 0.408 e. The third-order valence-electron chi connectivity index (χ3n) is 6.45. The van der Waals surface area contributed by atoms with Gasteiger partial charge in [0, 0.05) is 30.2 Å². The van der Waals surface area contributed by atoms with Gasteiger partial charge in [-0.2, -0.15) is 4.98 Å². The number of alkyl carbamates (subject to hydrolysis) is 1. The van der Waals surface area contributed by atoms with Crippen LogP contribution in [0.2, 0.25) is 0 Å². The highest BCUT2D eigenvalue weighted by Gasteiger charge is 2.47. The summed E-state index contributed by atoms with van der Waals surface area (Å²) in [7, 11) is 1.85. The monoisotopic (exact) mass is 488 g/mol.